The number of hydrogen-bond acceptors (Lipinski definition) is 7. The molecule has 2 aromatic rings. The van der Waals surface area contributed by atoms with Gasteiger partial charge in [0.2, 0.25) is 0 Å². The van der Waals surface area contributed by atoms with Gasteiger partial charge in [-0.15, -0.1) is 5.10 Å². The number of hydrogen-bond donors (Lipinski definition) is 2. The normalized spacial score (nSPS) is 20.7. The first-order valence-electron chi connectivity index (χ1n) is 7.59. The molecular weight excluding hydrogens is 314 g/mol. The topological polar surface area (TPSA) is 91.2 Å². The summed E-state index contributed by atoms with van der Waals surface area (Å²) in [5.74, 6) is 0.622. The molecule has 1 aliphatic heterocycles. The Morgan fingerprint density at radius 3 is 3.13 bits per heavy atom. The number of carbonyl (C=O) groups is 1. The third-order valence-electron chi connectivity index (χ3n) is 3.98. The first-order valence-corrected chi connectivity index (χ1v) is 8.36. The molecule has 0 aliphatic carbocycles. The van der Waals surface area contributed by atoms with E-state index in [2.05, 4.69) is 19.9 Å². The minimum Gasteiger partial charge on any atom is -0.386 e. The van der Waals surface area contributed by atoms with Crippen LogP contribution >= 0.6 is 11.5 Å². The second kappa shape index (κ2) is 6.59. The summed E-state index contributed by atoms with van der Waals surface area (Å²) in [6.45, 7) is 3.30. The van der Waals surface area contributed by atoms with Crippen LogP contribution in [0.3, 0.4) is 0 Å². The molecule has 23 heavy (non-hydrogen) atoms. The Labute approximate surface area is 138 Å². The van der Waals surface area contributed by atoms with Crippen molar-refractivity contribution in [2.75, 3.05) is 24.5 Å². The first kappa shape index (κ1) is 15.8. The van der Waals surface area contributed by atoms with Gasteiger partial charge in [-0.1, -0.05) is 17.5 Å². The third kappa shape index (κ3) is 3.48. The van der Waals surface area contributed by atoms with Crippen molar-refractivity contribution in [2.45, 2.75) is 25.4 Å². The van der Waals surface area contributed by atoms with Crippen molar-refractivity contribution in [3.05, 3.63) is 35.0 Å². The molecule has 0 bridgehead atoms. The molecule has 1 amide bonds. The molecule has 0 radical (unpaired) electrons. The van der Waals surface area contributed by atoms with E-state index in [9.17, 15) is 9.90 Å². The molecular formula is C15H19N5O2S. The van der Waals surface area contributed by atoms with Crippen molar-refractivity contribution < 1.29 is 9.90 Å². The molecule has 8 heteroatoms. The number of amides is 1. The summed E-state index contributed by atoms with van der Waals surface area (Å²) in [5, 5.41) is 17.4. The van der Waals surface area contributed by atoms with Crippen molar-refractivity contribution in [2.24, 2.45) is 0 Å². The van der Waals surface area contributed by atoms with E-state index in [0.29, 0.717) is 36.5 Å². The van der Waals surface area contributed by atoms with Gasteiger partial charge >= 0.3 is 0 Å². The van der Waals surface area contributed by atoms with Gasteiger partial charge in [-0.2, -0.15) is 0 Å². The van der Waals surface area contributed by atoms with E-state index in [0.717, 1.165) is 17.4 Å². The van der Waals surface area contributed by atoms with Crippen molar-refractivity contribution in [1.82, 2.24) is 19.9 Å². The summed E-state index contributed by atoms with van der Waals surface area (Å²) < 4.78 is 3.81. The largest absolute Gasteiger partial charge is 0.386 e. The summed E-state index contributed by atoms with van der Waals surface area (Å²) in [5.41, 5.74) is -0.251. The van der Waals surface area contributed by atoms with E-state index in [1.807, 2.05) is 30.0 Å². The molecule has 2 N–H and O–H groups in total. The minimum atomic E-state index is -0.947. The molecule has 0 aromatic carbocycles. The van der Waals surface area contributed by atoms with Gasteiger partial charge in [0.1, 0.15) is 16.3 Å². The van der Waals surface area contributed by atoms with Gasteiger partial charge in [-0.05, 0) is 36.5 Å². The van der Waals surface area contributed by atoms with E-state index < -0.39 is 5.60 Å². The SMILES string of the molecule is CCc1nnsc1C(=O)NCC1(O)CCN(c2ccccn2)C1. The number of carbonyl (C=O) groups excluding carboxylic acids is 1. The number of β-amino-alcohol motifs (C(OH)–C–C–N with tert-alkyl or cyclic N) is 1. The molecule has 1 aliphatic rings. The molecule has 1 fully saturated rings. The quantitative estimate of drug-likeness (QED) is 0.843. The van der Waals surface area contributed by atoms with Crippen LogP contribution in [0.25, 0.3) is 0 Å². The predicted molar refractivity (Wildman–Crippen MR) is 87.6 cm³/mol. The molecule has 0 saturated carbocycles. The van der Waals surface area contributed by atoms with Gasteiger partial charge in [0.05, 0.1) is 5.69 Å². The first-order chi connectivity index (χ1) is 11.1. The molecule has 3 rings (SSSR count). The monoisotopic (exact) mass is 333 g/mol. The maximum Gasteiger partial charge on any atom is 0.265 e. The lowest BCUT2D eigenvalue weighted by atomic mass is 10.0. The average molecular weight is 333 g/mol. The number of aliphatic hydroxyl groups is 1. The van der Waals surface area contributed by atoms with Crippen molar-refractivity contribution in [3.8, 4) is 0 Å². The zero-order valence-corrected chi connectivity index (χ0v) is 13.7. The molecule has 1 unspecified atom stereocenters. The average Bonchev–Trinajstić information content (AvgIpc) is 3.20. The predicted octanol–water partition coefficient (Wildman–Crippen LogP) is 0.867. The second-order valence-electron chi connectivity index (χ2n) is 5.67. The van der Waals surface area contributed by atoms with Gasteiger partial charge in [0.15, 0.2) is 0 Å². The fourth-order valence-electron chi connectivity index (χ4n) is 2.67. The van der Waals surface area contributed by atoms with E-state index in [1.54, 1.807) is 6.20 Å². The summed E-state index contributed by atoms with van der Waals surface area (Å²) in [4.78, 5) is 19.1. The summed E-state index contributed by atoms with van der Waals surface area (Å²) >= 11 is 1.09. The zero-order chi connectivity index (χ0) is 16.3. The van der Waals surface area contributed by atoms with Crippen LogP contribution in [0, 0.1) is 0 Å². The molecule has 3 heterocycles. The summed E-state index contributed by atoms with van der Waals surface area (Å²) in [6, 6.07) is 5.70. The van der Waals surface area contributed by atoms with Crippen LogP contribution < -0.4 is 10.2 Å². The van der Waals surface area contributed by atoms with Gasteiger partial charge in [-0.3, -0.25) is 4.79 Å². The zero-order valence-electron chi connectivity index (χ0n) is 12.9. The van der Waals surface area contributed by atoms with Crippen molar-refractivity contribution >= 4 is 23.3 Å². The molecule has 1 atom stereocenters. The Balaban J connectivity index is 1.59. The van der Waals surface area contributed by atoms with Crippen LogP contribution in [0.1, 0.15) is 28.7 Å². The third-order valence-corrected chi connectivity index (χ3v) is 4.75. The van der Waals surface area contributed by atoms with Crippen molar-refractivity contribution in [1.29, 1.82) is 0 Å². The molecule has 7 nitrogen and oxygen atoms in total. The van der Waals surface area contributed by atoms with Crippen LogP contribution in [0.2, 0.25) is 0 Å². The molecule has 0 spiro atoms. The standard InChI is InChI=1S/C15H19N5O2S/c1-2-11-13(23-19-18-11)14(21)17-9-15(22)6-8-20(10-15)12-5-3-4-7-16-12/h3-5,7,22H,2,6,8-10H2,1H3,(H,17,21). The van der Waals surface area contributed by atoms with E-state index in [4.69, 9.17) is 0 Å². The number of nitrogens with zero attached hydrogens (tertiary/aromatic N) is 4. The Morgan fingerprint density at radius 2 is 2.39 bits per heavy atom. The fourth-order valence-corrected chi connectivity index (χ4v) is 3.34. The minimum absolute atomic E-state index is 0.205. The Hall–Kier alpha value is -2.06. The summed E-state index contributed by atoms with van der Waals surface area (Å²) in [7, 11) is 0. The summed E-state index contributed by atoms with van der Waals surface area (Å²) in [6.07, 6.45) is 2.99. The smallest absolute Gasteiger partial charge is 0.265 e. The van der Waals surface area contributed by atoms with Crippen LogP contribution in [-0.2, 0) is 6.42 Å². The van der Waals surface area contributed by atoms with Crippen LogP contribution in [0.4, 0.5) is 5.82 Å². The van der Waals surface area contributed by atoms with Crippen LogP contribution in [0.5, 0.6) is 0 Å². The number of aromatic nitrogens is 3. The lowest BCUT2D eigenvalue weighted by Gasteiger charge is -2.24. The highest BCUT2D eigenvalue weighted by atomic mass is 32.1. The van der Waals surface area contributed by atoms with Crippen LogP contribution in [-0.4, -0.2) is 50.8 Å². The lowest BCUT2D eigenvalue weighted by molar-refractivity contribution is 0.0576. The van der Waals surface area contributed by atoms with Crippen molar-refractivity contribution in [3.63, 3.8) is 0 Å². The number of pyridine rings is 1. The maximum absolute atomic E-state index is 12.2. The van der Waals surface area contributed by atoms with Crippen LogP contribution in [0.15, 0.2) is 24.4 Å². The highest BCUT2D eigenvalue weighted by Gasteiger charge is 2.37. The number of anilines is 1. The highest BCUT2D eigenvalue weighted by Crippen LogP contribution is 2.25. The van der Waals surface area contributed by atoms with E-state index in [-0.39, 0.29) is 12.5 Å². The van der Waals surface area contributed by atoms with Gasteiger partial charge in [0.25, 0.3) is 5.91 Å². The molecule has 1 saturated heterocycles. The van der Waals surface area contributed by atoms with Gasteiger partial charge < -0.3 is 15.3 Å². The Bertz CT molecular complexity index is 678. The number of aryl methyl sites for hydroxylation is 1. The Morgan fingerprint density at radius 1 is 1.52 bits per heavy atom. The number of nitrogens with one attached hydrogen (secondary N) is 1. The highest BCUT2D eigenvalue weighted by molar-refractivity contribution is 7.08. The molecule has 2 aromatic heterocycles. The Kier molecular flexibility index (Phi) is 4.53. The number of rotatable bonds is 5. The van der Waals surface area contributed by atoms with Gasteiger partial charge in [0, 0.05) is 25.8 Å². The maximum atomic E-state index is 12.2. The van der Waals surface area contributed by atoms with E-state index in [1.165, 1.54) is 0 Å². The van der Waals surface area contributed by atoms with E-state index >= 15 is 0 Å². The fraction of sp³-hybridized carbons (Fsp3) is 0.467. The molecule has 122 valence electrons. The lowest BCUT2D eigenvalue weighted by Crippen LogP contribution is -2.45. The second-order valence-corrected chi connectivity index (χ2v) is 6.42. The van der Waals surface area contributed by atoms with Gasteiger partial charge in [-0.25, -0.2) is 4.98 Å².